The Bertz CT molecular complexity index is 346. The number of hydrogen-bond acceptors (Lipinski definition) is 2. The summed E-state index contributed by atoms with van der Waals surface area (Å²) in [5.41, 5.74) is 2.80. The number of aliphatic hydroxyl groups is 1. The van der Waals surface area contributed by atoms with Crippen molar-refractivity contribution < 1.29 is 9.84 Å². The van der Waals surface area contributed by atoms with Crippen molar-refractivity contribution in [3.05, 3.63) is 29.3 Å². The Balaban J connectivity index is 2.34. The SMILES string of the molecule is COc1ccc2c(c1)C(CCO)CC2C. The van der Waals surface area contributed by atoms with Gasteiger partial charge in [0.25, 0.3) is 0 Å². The van der Waals surface area contributed by atoms with Crippen LogP contribution in [0, 0.1) is 0 Å². The van der Waals surface area contributed by atoms with E-state index >= 15 is 0 Å². The van der Waals surface area contributed by atoms with Crippen LogP contribution in [-0.2, 0) is 0 Å². The third kappa shape index (κ3) is 1.86. The predicted octanol–water partition coefficient (Wildman–Crippen LogP) is 2.67. The molecule has 0 radical (unpaired) electrons. The van der Waals surface area contributed by atoms with E-state index in [4.69, 9.17) is 9.84 Å². The molecule has 0 spiro atoms. The second-order valence-electron chi connectivity index (χ2n) is 4.34. The average molecular weight is 206 g/mol. The Labute approximate surface area is 90.9 Å². The second kappa shape index (κ2) is 4.23. The highest BCUT2D eigenvalue weighted by Crippen LogP contribution is 2.44. The van der Waals surface area contributed by atoms with Crippen LogP contribution < -0.4 is 4.74 Å². The Morgan fingerprint density at radius 3 is 2.87 bits per heavy atom. The first-order valence-electron chi connectivity index (χ1n) is 5.55. The molecule has 0 aromatic heterocycles. The fraction of sp³-hybridized carbons (Fsp3) is 0.538. The Morgan fingerprint density at radius 2 is 2.20 bits per heavy atom. The van der Waals surface area contributed by atoms with E-state index in [0.717, 1.165) is 18.6 Å². The van der Waals surface area contributed by atoms with Gasteiger partial charge in [-0.05, 0) is 47.9 Å². The number of aliphatic hydroxyl groups excluding tert-OH is 1. The maximum atomic E-state index is 9.03. The van der Waals surface area contributed by atoms with Crippen molar-refractivity contribution in [2.75, 3.05) is 13.7 Å². The molecule has 2 heteroatoms. The van der Waals surface area contributed by atoms with Crippen LogP contribution in [0.15, 0.2) is 18.2 Å². The van der Waals surface area contributed by atoms with Crippen molar-refractivity contribution in [2.24, 2.45) is 0 Å². The zero-order valence-corrected chi connectivity index (χ0v) is 9.36. The molecule has 2 unspecified atom stereocenters. The zero-order chi connectivity index (χ0) is 10.8. The van der Waals surface area contributed by atoms with E-state index in [-0.39, 0.29) is 6.61 Å². The Kier molecular flexibility index (Phi) is 2.96. The molecule has 1 aliphatic carbocycles. The molecule has 0 fully saturated rings. The average Bonchev–Trinajstić information content (AvgIpc) is 2.56. The fourth-order valence-electron chi connectivity index (χ4n) is 2.59. The molecule has 0 amide bonds. The van der Waals surface area contributed by atoms with Gasteiger partial charge < -0.3 is 9.84 Å². The van der Waals surface area contributed by atoms with E-state index in [1.807, 2.05) is 6.07 Å². The Hall–Kier alpha value is -1.02. The lowest BCUT2D eigenvalue weighted by molar-refractivity contribution is 0.274. The van der Waals surface area contributed by atoms with Crippen LogP contribution in [0.5, 0.6) is 5.75 Å². The van der Waals surface area contributed by atoms with Crippen LogP contribution in [0.4, 0.5) is 0 Å². The van der Waals surface area contributed by atoms with E-state index in [1.165, 1.54) is 11.1 Å². The first kappa shape index (κ1) is 10.5. The lowest BCUT2D eigenvalue weighted by Crippen LogP contribution is -1.97. The van der Waals surface area contributed by atoms with Gasteiger partial charge in [-0.3, -0.25) is 0 Å². The first-order chi connectivity index (χ1) is 7.26. The third-order valence-electron chi connectivity index (χ3n) is 3.38. The van der Waals surface area contributed by atoms with Gasteiger partial charge in [0.05, 0.1) is 7.11 Å². The van der Waals surface area contributed by atoms with Crippen molar-refractivity contribution in [1.82, 2.24) is 0 Å². The molecule has 1 N–H and O–H groups in total. The summed E-state index contributed by atoms with van der Waals surface area (Å²) in [7, 11) is 1.70. The van der Waals surface area contributed by atoms with Crippen LogP contribution in [-0.4, -0.2) is 18.8 Å². The normalized spacial score (nSPS) is 23.9. The summed E-state index contributed by atoms with van der Waals surface area (Å²) in [6.45, 7) is 2.52. The van der Waals surface area contributed by atoms with Gasteiger partial charge in [0.15, 0.2) is 0 Å². The van der Waals surface area contributed by atoms with Gasteiger partial charge >= 0.3 is 0 Å². The van der Waals surface area contributed by atoms with Crippen molar-refractivity contribution >= 4 is 0 Å². The molecule has 2 atom stereocenters. The number of fused-ring (bicyclic) bond motifs is 1. The molecule has 15 heavy (non-hydrogen) atoms. The summed E-state index contributed by atoms with van der Waals surface area (Å²) in [5.74, 6) is 2.04. The number of benzene rings is 1. The molecular formula is C13H18O2. The quantitative estimate of drug-likeness (QED) is 0.824. The largest absolute Gasteiger partial charge is 0.497 e. The van der Waals surface area contributed by atoms with E-state index in [9.17, 15) is 0 Å². The molecule has 2 rings (SSSR count). The van der Waals surface area contributed by atoms with Crippen molar-refractivity contribution in [3.8, 4) is 5.75 Å². The monoisotopic (exact) mass is 206 g/mol. The van der Waals surface area contributed by atoms with Gasteiger partial charge in [-0.2, -0.15) is 0 Å². The number of methoxy groups -OCH3 is 1. The summed E-state index contributed by atoms with van der Waals surface area (Å²) in [4.78, 5) is 0. The topological polar surface area (TPSA) is 29.5 Å². The fourth-order valence-corrected chi connectivity index (χ4v) is 2.59. The maximum Gasteiger partial charge on any atom is 0.119 e. The Morgan fingerprint density at radius 1 is 1.40 bits per heavy atom. The van der Waals surface area contributed by atoms with Gasteiger partial charge in [0.1, 0.15) is 5.75 Å². The van der Waals surface area contributed by atoms with Crippen molar-refractivity contribution in [3.63, 3.8) is 0 Å². The van der Waals surface area contributed by atoms with Gasteiger partial charge in [-0.25, -0.2) is 0 Å². The molecule has 0 saturated heterocycles. The first-order valence-corrected chi connectivity index (χ1v) is 5.55. The molecule has 2 nitrogen and oxygen atoms in total. The minimum atomic E-state index is 0.272. The van der Waals surface area contributed by atoms with Crippen LogP contribution in [0.3, 0.4) is 0 Å². The molecule has 0 saturated carbocycles. The maximum absolute atomic E-state index is 9.03. The molecule has 1 aromatic rings. The van der Waals surface area contributed by atoms with Crippen LogP contribution >= 0.6 is 0 Å². The number of ether oxygens (including phenoxy) is 1. The minimum Gasteiger partial charge on any atom is -0.497 e. The number of rotatable bonds is 3. The molecule has 1 aromatic carbocycles. The minimum absolute atomic E-state index is 0.272. The van der Waals surface area contributed by atoms with Crippen LogP contribution in [0.2, 0.25) is 0 Å². The molecule has 0 aliphatic heterocycles. The van der Waals surface area contributed by atoms with Crippen molar-refractivity contribution in [2.45, 2.75) is 31.6 Å². The van der Waals surface area contributed by atoms with Gasteiger partial charge in [-0.1, -0.05) is 13.0 Å². The lowest BCUT2D eigenvalue weighted by atomic mass is 9.98. The predicted molar refractivity (Wildman–Crippen MR) is 60.5 cm³/mol. The van der Waals surface area contributed by atoms with E-state index in [1.54, 1.807) is 7.11 Å². The summed E-state index contributed by atoms with van der Waals surface area (Å²) in [5, 5.41) is 9.03. The summed E-state index contributed by atoms with van der Waals surface area (Å²) in [6.07, 6.45) is 2.02. The molecular weight excluding hydrogens is 188 g/mol. The summed E-state index contributed by atoms with van der Waals surface area (Å²) < 4.78 is 5.24. The van der Waals surface area contributed by atoms with Crippen molar-refractivity contribution in [1.29, 1.82) is 0 Å². The van der Waals surface area contributed by atoms with E-state index in [2.05, 4.69) is 19.1 Å². The van der Waals surface area contributed by atoms with E-state index in [0.29, 0.717) is 11.8 Å². The molecule has 82 valence electrons. The third-order valence-corrected chi connectivity index (χ3v) is 3.38. The van der Waals surface area contributed by atoms with Gasteiger partial charge in [0.2, 0.25) is 0 Å². The second-order valence-corrected chi connectivity index (χ2v) is 4.34. The van der Waals surface area contributed by atoms with Crippen LogP contribution in [0.25, 0.3) is 0 Å². The molecule has 0 bridgehead atoms. The standard InChI is InChI=1S/C13H18O2/c1-9-7-10(5-6-14)13-8-11(15-2)3-4-12(9)13/h3-4,8-10,14H,5-7H2,1-2H3. The highest BCUT2D eigenvalue weighted by Gasteiger charge is 2.27. The van der Waals surface area contributed by atoms with Gasteiger partial charge in [-0.15, -0.1) is 0 Å². The number of hydrogen-bond donors (Lipinski definition) is 1. The van der Waals surface area contributed by atoms with Crippen LogP contribution in [0.1, 0.15) is 42.7 Å². The zero-order valence-electron chi connectivity index (χ0n) is 9.36. The lowest BCUT2D eigenvalue weighted by Gasteiger charge is -2.10. The molecule has 0 heterocycles. The summed E-state index contributed by atoms with van der Waals surface area (Å²) >= 11 is 0. The summed E-state index contributed by atoms with van der Waals surface area (Å²) in [6, 6.07) is 6.31. The highest BCUT2D eigenvalue weighted by molar-refractivity contribution is 5.43. The smallest absolute Gasteiger partial charge is 0.119 e. The van der Waals surface area contributed by atoms with E-state index < -0.39 is 0 Å². The molecule has 1 aliphatic rings. The highest BCUT2D eigenvalue weighted by atomic mass is 16.5. The van der Waals surface area contributed by atoms with Gasteiger partial charge in [0, 0.05) is 6.61 Å².